The largest absolute Gasteiger partial charge is 0.338 e. The molecular formula is C9H15N3O. The van der Waals surface area contributed by atoms with E-state index in [4.69, 9.17) is 5.26 Å². The molecule has 1 saturated carbocycles. The van der Waals surface area contributed by atoms with E-state index in [2.05, 4.69) is 16.7 Å². The predicted octanol–water partition coefficient (Wildman–Crippen LogP) is 0.998. The summed E-state index contributed by atoms with van der Waals surface area (Å²) in [4.78, 5) is 11.1. The summed E-state index contributed by atoms with van der Waals surface area (Å²) >= 11 is 0. The fraction of sp³-hybridized carbons (Fsp3) is 0.778. The second-order valence-corrected chi connectivity index (χ2v) is 3.34. The third-order valence-electron chi connectivity index (χ3n) is 2.05. The topological polar surface area (TPSA) is 64.9 Å². The Morgan fingerprint density at radius 3 is 2.85 bits per heavy atom. The van der Waals surface area contributed by atoms with Gasteiger partial charge in [-0.1, -0.05) is 6.92 Å². The highest BCUT2D eigenvalue weighted by Gasteiger charge is 2.32. The van der Waals surface area contributed by atoms with Crippen LogP contribution in [0, 0.1) is 17.2 Å². The van der Waals surface area contributed by atoms with Gasteiger partial charge in [0.05, 0.1) is 6.07 Å². The fourth-order valence-corrected chi connectivity index (χ4v) is 1.12. The minimum absolute atomic E-state index is 0.222. The van der Waals surface area contributed by atoms with Crippen molar-refractivity contribution in [3.05, 3.63) is 0 Å². The van der Waals surface area contributed by atoms with Gasteiger partial charge >= 0.3 is 6.03 Å². The lowest BCUT2D eigenvalue weighted by atomic mass is 10.2. The Morgan fingerprint density at radius 1 is 1.69 bits per heavy atom. The van der Waals surface area contributed by atoms with Crippen molar-refractivity contribution in [3.8, 4) is 6.07 Å². The Morgan fingerprint density at radius 2 is 2.38 bits per heavy atom. The molecular weight excluding hydrogens is 166 g/mol. The summed E-state index contributed by atoms with van der Waals surface area (Å²) in [5.41, 5.74) is 0. The molecule has 0 heterocycles. The minimum Gasteiger partial charge on any atom is -0.338 e. The minimum atomic E-state index is -0.295. The molecule has 1 fully saturated rings. The molecule has 0 spiro atoms. The predicted molar refractivity (Wildman–Crippen MR) is 49.0 cm³/mol. The smallest absolute Gasteiger partial charge is 0.315 e. The van der Waals surface area contributed by atoms with Gasteiger partial charge in [-0.25, -0.2) is 4.79 Å². The molecule has 72 valence electrons. The van der Waals surface area contributed by atoms with Gasteiger partial charge in [-0.15, -0.1) is 0 Å². The molecule has 0 aromatic heterocycles. The van der Waals surface area contributed by atoms with Crippen molar-refractivity contribution >= 4 is 6.03 Å². The van der Waals surface area contributed by atoms with Gasteiger partial charge in [0.15, 0.2) is 0 Å². The molecule has 1 rings (SSSR count). The van der Waals surface area contributed by atoms with E-state index in [0.717, 1.165) is 19.3 Å². The summed E-state index contributed by atoms with van der Waals surface area (Å²) in [6, 6.07) is 1.58. The molecule has 0 radical (unpaired) electrons. The van der Waals surface area contributed by atoms with Gasteiger partial charge in [0, 0.05) is 6.54 Å². The van der Waals surface area contributed by atoms with Gasteiger partial charge < -0.3 is 10.6 Å². The van der Waals surface area contributed by atoms with Gasteiger partial charge in [-0.2, -0.15) is 5.26 Å². The molecule has 0 aromatic carbocycles. The lowest BCUT2D eigenvalue weighted by Crippen LogP contribution is -2.42. The summed E-state index contributed by atoms with van der Waals surface area (Å²) in [5.74, 6) is 0.386. The fourth-order valence-electron chi connectivity index (χ4n) is 1.12. The Kier molecular flexibility index (Phi) is 3.56. The van der Waals surface area contributed by atoms with Crippen LogP contribution >= 0.6 is 0 Å². The molecule has 4 heteroatoms. The van der Waals surface area contributed by atoms with Crippen LogP contribution in [0.3, 0.4) is 0 Å². The van der Waals surface area contributed by atoms with Gasteiger partial charge in [0.2, 0.25) is 0 Å². The lowest BCUT2D eigenvalue weighted by Gasteiger charge is -2.10. The van der Waals surface area contributed by atoms with E-state index < -0.39 is 0 Å². The summed E-state index contributed by atoms with van der Waals surface area (Å²) in [7, 11) is 0. The van der Waals surface area contributed by atoms with E-state index >= 15 is 0 Å². The van der Waals surface area contributed by atoms with Crippen molar-refractivity contribution in [2.45, 2.75) is 32.2 Å². The zero-order valence-corrected chi connectivity index (χ0v) is 7.84. The number of rotatable bonds is 4. The van der Waals surface area contributed by atoms with E-state index in [-0.39, 0.29) is 12.1 Å². The summed E-state index contributed by atoms with van der Waals surface area (Å²) in [6.07, 6.45) is 3.03. The number of hydrogen-bond acceptors (Lipinski definition) is 2. The first-order chi connectivity index (χ1) is 6.27. The van der Waals surface area contributed by atoms with Crippen LogP contribution in [-0.2, 0) is 0 Å². The van der Waals surface area contributed by atoms with Crippen LogP contribution < -0.4 is 10.6 Å². The SMILES string of the molecule is CCCNC(=O)NC(C#N)C1CC1. The number of nitrogens with zero attached hydrogens (tertiary/aromatic N) is 1. The zero-order valence-electron chi connectivity index (χ0n) is 7.84. The van der Waals surface area contributed by atoms with Gasteiger partial charge in [0.25, 0.3) is 0 Å². The Hall–Kier alpha value is -1.24. The first kappa shape index (κ1) is 9.85. The molecule has 2 N–H and O–H groups in total. The van der Waals surface area contributed by atoms with Crippen LogP contribution in [0.25, 0.3) is 0 Å². The normalized spacial score (nSPS) is 17.2. The molecule has 0 aliphatic heterocycles. The highest BCUT2D eigenvalue weighted by molar-refractivity contribution is 5.74. The van der Waals surface area contributed by atoms with Crippen LogP contribution in [0.15, 0.2) is 0 Å². The molecule has 1 aliphatic rings. The van der Waals surface area contributed by atoms with Crippen LogP contribution in [-0.4, -0.2) is 18.6 Å². The van der Waals surface area contributed by atoms with Crippen LogP contribution in [0.4, 0.5) is 4.79 Å². The maximum absolute atomic E-state index is 11.1. The van der Waals surface area contributed by atoms with Crippen molar-refractivity contribution in [1.82, 2.24) is 10.6 Å². The molecule has 13 heavy (non-hydrogen) atoms. The Balaban J connectivity index is 2.21. The number of urea groups is 1. The third kappa shape index (κ3) is 3.32. The molecule has 0 saturated heterocycles. The summed E-state index contributed by atoms with van der Waals surface area (Å²) in [6.45, 7) is 2.65. The lowest BCUT2D eigenvalue weighted by molar-refractivity contribution is 0.238. The third-order valence-corrected chi connectivity index (χ3v) is 2.05. The second-order valence-electron chi connectivity index (χ2n) is 3.34. The van der Waals surface area contributed by atoms with Crippen LogP contribution in [0.1, 0.15) is 26.2 Å². The number of nitrogens with one attached hydrogen (secondary N) is 2. The zero-order chi connectivity index (χ0) is 9.68. The number of carbonyl (C=O) groups excluding carboxylic acids is 1. The highest BCUT2D eigenvalue weighted by Crippen LogP contribution is 2.32. The van der Waals surface area contributed by atoms with E-state index in [1.54, 1.807) is 0 Å². The number of carbonyl (C=O) groups is 1. The second kappa shape index (κ2) is 4.70. The van der Waals surface area contributed by atoms with E-state index in [1.165, 1.54) is 0 Å². The first-order valence-electron chi connectivity index (χ1n) is 4.72. The van der Waals surface area contributed by atoms with E-state index in [9.17, 15) is 4.79 Å². The maximum atomic E-state index is 11.1. The average Bonchev–Trinajstić information content (AvgIpc) is 2.94. The Bertz CT molecular complexity index is 217. The highest BCUT2D eigenvalue weighted by atomic mass is 16.2. The van der Waals surface area contributed by atoms with Gasteiger partial charge in [-0.05, 0) is 25.2 Å². The van der Waals surface area contributed by atoms with E-state index in [0.29, 0.717) is 12.5 Å². The number of hydrogen-bond donors (Lipinski definition) is 2. The van der Waals surface area contributed by atoms with Crippen LogP contribution in [0.5, 0.6) is 0 Å². The van der Waals surface area contributed by atoms with Crippen molar-refractivity contribution in [1.29, 1.82) is 5.26 Å². The van der Waals surface area contributed by atoms with Crippen molar-refractivity contribution in [2.24, 2.45) is 5.92 Å². The molecule has 1 unspecified atom stereocenters. The van der Waals surface area contributed by atoms with Crippen molar-refractivity contribution in [2.75, 3.05) is 6.54 Å². The summed E-state index contributed by atoms with van der Waals surface area (Å²) < 4.78 is 0. The molecule has 1 atom stereocenters. The molecule has 2 amide bonds. The quantitative estimate of drug-likeness (QED) is 0.679. The molecule has 0 bridgehead atoms. The van der Waals surface area contributed by atoms with Crippen molar-refractivity contribution in [3.63, 3.8) is 0 Å². The van der Waals surface area contributed by atoms with Crippen LogP contribution in [0.2, 0.25) is 0 Å². The molecule has 4 nitrogen and oxygen atoms in total. The van der Waals surface area contributed by atoms with E-state index in [1.807, 2.05) is 6.92 Å². The monoisotopic (exact) mass is 181 g/mol. The maximum Gasteiger partial charge on any atom is 0.315 e. The van der Waals surface area contributed by atoms with Crippen molar-refractivity contribution < 1.29 is 4.79 Å². The number of nitriles is 1. The molecule has 1 aliphatic carbocycles. The first-order valence-corrected chi connectivity index (χ1v) is 4.72. The number of amides is 2. The average molecular weight is 181 g/mol. The summed E-state index contributed by atoms with van der Waals surface area (Å²) in [5, 5.41) is 14.0. The standard InChI is InChI=1S/C9H15N3O/c1-2-5-11-9(13)12-8(6-10)7-3-4-7/h7-8H,2-5H2,1H3,(H2,11,12,13). The van der Waals surface area contributed by atoms with Gasteiger partial charge in [0.1, 0.15) is 6.04 Å². The van der Waals surface area contributed by atoms with Gasteiger partial charge in [-0.3, -0.25) is 0 Å². The Labute approximate surface area is 78.3 Å². The molecule has 0 aromatic rings.